The van der Waals surface area contributed by atoms with Crippen molar-refractivity contribution in [2.24, 2.45) is 28.6 Å². The van der Waals surface area contributed by atoms with E-state index in [2.05, 4.69) is 6.92 Å². The molecular formula is C31H44O9. The van der Waals surface area contributed by atoms with Crippen LogP contribution in [0.5, 0.6) is 0 Å². The standard InChI is InChI=1S/C31H44O9/c1-6-7-8-15-37-28(36)40-31(25(34)18-38-27(35)39-19(2)3)14-12-23-22-10-9-20-16-21(32)11-13-29(20,4)26(22)24(33)17-30(23,31)5/h11,13,16,19,22-24,26,33H,6-10,12,14-15,17-18H2,1-5H3/t22-,23-,24?,26+,29-,30-,31-/m0/s1. The maximum Gasteiger partial charge on any atom is 0.509 e. The van der Waals surface area contributed by atoms with E-state index in [9.17, 15) is 24.3 Å². The molecule has 0 aromatic rings. The number of Topliss-reactive ketones (excluding diaryl/α,β-unsaturated/α-hetero) is 1. The lowest BCUT2D eigenvalue weighted by molar-refractivity contribution is -0.184. The van der Waals surface area contributed by atoms with E-state index in [1.807, 2.05) is 19.9 Å². The van der Waals surface area contributed by atoms with E-state index >= 15 is 0 Å². The molecule has 0 aromatic carbocycles. The summed E-state index contributed by atoms with van der Waals surface area (Å²) in [5.74, 6) is -0.711. The van der Waals surface area contributed by atoms with Gasteiger partial charge in [0.05, 0.1) is 18.8 Å². The van der Waals surface area contributed by atoms with Gasteiger partial charge in [-0.3, -0.25) is 9.59 Å². The molecule has 40 heavy (non-hydrogen) atoms. The number of rotatable bonds is 9. The molecule has 9 nitrogen and oxygen atoms in total. The fourth-order valence-electron chi connectivity index (χ4n) is 8.14. The van der Waals surface area contributed by atoms with Gasteiger partial charge in [-0.05, 0) is 76.4 Å². The van der Waals surface area contributed by atoms with Gasteiger partial charge in [-0.25, -0.2) is 9.59 Å². The van der Waals surface area contributed by atoms with Crippen molar-refractivity contribution in [3.63, 3.8) is 0 Å². The molecule has 0 radical (unpaired) electrons. The number of hydrogen-bond donors (Lipinski definition) is 1. The first-order valence-corrected chi connectivity index (χ1v) is 14.7. The molecule has 0 aromatic heterocycles. The largest absolute Gasteiger partial charge is 0.509 e. The predicted octanol–water partition coefficient (Wildman–Crippen LogP) is 5.48. The van der Waals surface area contributed by atoms with Crippen molar-refractivity contribution in [1.82, 2.24) is 0 Å². The van der Waals surface area contributed by atoms with E-state index in [4.69, 9.17) is 18.9 Å². The van der Waals surface area contributed by atoms with Gasteiger partial charge in [0, 0.05) is 16.7 Å². The summed E-state index contributed by atoms with van der Waals surface area (Å²) >= 11 is 0. The fourth-order valence-corrected chi connectivity index (χ4v) is 8.14. The maximum atomic E-state index is 13.9. The fraction of sp³-hybridized carbons (Fsp3) is 0.742. The topological polar surface area (TPSA) is 125 Å². The molecule has 1 unspecified atom stereocenters. The molecule has 0 aliphatic heterocycles. The molecule has 9 heteroatoms. The van der Waals surface area contributed by atoms with Crippen molar-refractivity contribution in [1.29, 1.82) is 0 Å². The number of unbranched alkanes of at least 4 members (excludes halogenated alkanes) is 2. The highest BCUT2D eigenvalue weighted by atomic mass is 16.7. The summed E-state index contributed by atoms with van der Waals surface area (Å²) in [6, 6.07) is 0. The monoisotopic (exact) mass is 560 g/mol. The Balaban J connectivity index is 1.63. The minimum absolute atomic E-state index is 0.0339. The Morgan fingerprint density at radius 3 is 2.55 bits per heavy atom. The second-order valence-electron chi connectivity index (χ2n) is 12.6. The zero-order valence-corrected chi connectivity index (χ0v) is 24.4. The van der Waals surface area contributed by atoms with Gasteiger partial charge in [-0.1, -0.05) is 45.3 Å². The number of fused-ring (bicyclic) bond motifs is 5. The summed E-state index contributed by atoms with van der Waals surface area (Å²) in [6.45, 7) is 8.95. The summed E-state index contributed by atoms with van der Waals surface area (Å²) < 4.78 is 21.5. The average molecular weight is 561 g/mol. The molecule has 4 aliphatic carbocycles. The minimum Gasteiger partial charge on any atom is -0.434 e. The van der Waals surface area contributed by atoms with Crippen LogP contribution in [0, 0.1) is 28.6 Å². The van der Waals surface area contributed by atoms with Gasteiger partial charge in [0.1, 0.15) is 0 Å². The maximum absolute atomic E-state index is 13.9. The number of ether oxygens (including phenoxy) is 4. The molecule has 0 amide bonds. The third-order valence-corrected chi connectivity index (χ3v) is 9.94. The van der Waals surface area contributed by atoms with E-state index in [1.165, 1.54) is 0 Å². The molecule has 1 N–H and O–H groups in total. The number of carbonyl (C=O) groups is 4. The summed E-state index contributed by atoms with van der Waals surface area (Å²) in [7, 11) is 0. The Kier molecular flexibility index (Phi) is 8.83. The van der Waals surface area contributed by atoms with E-state index in [-0.39, 0.29) is 43.0 Å². The molecule has 222 valence electrons. The van der Waals surface area contributed by atoms with Gasteiger partial charge in [-0.2, -0.15) is 0 Å². The van der Waals surface area contributed by atoms with Crippen LogP contribution in [-0.4, -0.2) is 60.0 Å². The van der Waals surface area contributed by atoms with Crippen LogP contribution in [0.25, 0.3) is 0 Å². The third-order valence-electron chi connectivity index (χ3n) is 9.94. The number of hydrogen-bond acceptors (Lipinski definition) is 9. The molecular weight excluding hydrogens is 516 g/mol. The van der Waals surface area contributed by atoms with E-state index in [1.54, 1.807) is 26.0 Å². The van der Waals surface area contributed by atoms with E-state index < -0.39 is 53.3 Å². The minimum atomic E-state index is -1.63. The van der Waals surface area contributed by atoms with Crippen LogP contribution in [-0.2, 0) is 28.5 Å². The van der Waals surface area contributed by atoms with Gasteiger partial charge in [0.25, 0.3) is 0 Å². The number of aliphatic hydroxyl groups excluding tert-OH is 1. The van der Waals surface area contributed by atoms with Crippen LogP contribution in [0.1, 0.15) is 86.0 Å². The first kappa shape index (κ1) is 30.3. The highest BCUT2D eigenvalue weighted by Gasteiger charge is 2.70. The molecule has 0 bridgehead atoms. The van der Waals surface area contributed by atoms with Crippen LogP contribution in [0.15, 0.2) is 23.8 Å². The second-order valence-corrected chi connectivity index (χ2v) is 12.6. The Morgan fingerprint density at radius 1 is 1.10 bits per heavy atom. The smallest absolute Gasteiger partial charge is 0.434 e. The summed E-state index contributed by atoms with van der Waals surface area (Å²) in [5.41, 5.74) is -1.97. The zero-order chi connectivity index (χ0) is 29.3. The van der Waals surface area contributed by atoms with Crippen LogP contribution in [0.4, 0.5) is 9.59 Å². The molecule has 3 saturated carbocycles. The Bertz CT molecular complexity index is 1080. The first-order valence-electron chi connectivity index (χ1n) is 14.7. The van der Waals surface area contributed by atoms with Crippen molar-refractivity contribution in [3.8, 4) is 0 Å². The second kappa shape index (κ2) is 11.7. The molecule has 7 atom stereocenters. The molecule has 4 rings (SSSR count). The van der Waals surface area contributed by atoms with Crippen LogP contribution >= 0.6 is 0 Å². The van der Waals surface area contributed by atoms with Gasteiger partial charge >= 0.3 is 12.3 Å². The lowest BCUT2D eigenvalue weighted by atomic mass is 9.46. The third kappa shape index (κ3) is 5.33. The van der Waals surface area contributed by atoms with Gasteiger partial charge < -0.3 is 24.1 Å². The van der Waals surface area contributed by atoms with Gasteiger partial charge in [0.2, 0.25) is 5.78 Å². The Hall–Kier alpha value is -2.68. The highest BCUT2D eigenvalue weighted by molar-refractivity contribution is 6.01. The molecule has 0 spiro atoms. The van der Waals surface area contributed by atoms with Crippen molar-refractivity contribution >= 4 is 23.9 Å². The lowest BCUT2D eigenvalue weighted by Gasteiger charge is -2.59. The molecule has 3 fully saturated rings. The van der Waals surface area contributed by atoms with E-state index in [0.29, 0.717) is 12.8 Å². The number of aliphatic hydroxyl groups is 1. The lowest BCUT2D eigenvalue weighted by Crippen LogP contribution is -2.63. The normalized spacial score (nSPS) is 36.2. The number of ketones is 2. The predicted molar refractivity (Wildman–Crippen MR) is 145 cm³/mol. The first-order chi connectivity index (χ1) is 18.9. The van der Waals surface area contributed by atoms with Crippen LogP contribution in [0.2, 0.25) is 0 Å². The molecule has 0 heterocycles. The SMILES string of the molecule is CCCCCOC(=O)O[C@]1(C(=O)COC(=O)OC(C)C)CC[C@H]2[C@@H]3CCC4=CC(=O)C=C[C@]4(C)[C@H]3C(O)C[C@@]21C. The van der Waals surface area contributed by atoms with Gasteiger partial charge in [-0.15, -0.1) is 0 Å². The highest BCUT2D eigenvalue weighted by Crippen LogP contribution is 2.68. The summed E-state index contributed by atoms with van der Waals surface area (Å²) in [5, 5.41) is 11.7. The molecule has 0 saturated heterocycles. The Labute approximate surface area is 236 Å². The number of allylic oxidation sites excluding steroid dienone is 4. The average Bonchev–Trinajstić information content (AvgIpc) is 3.17. The van der Waals surface area contributed by atoms with Crippen molar-refractivity contribution in [2.75, 3.05) is 13.2 Å². The summed E-state index contributed by atoms with van der Waals surface area (Å²) in [6.07, 6.45) is 7.17. The number of carbonyl (C=O) groups excluding carboxylic acids is 4. The van der Waals surface area contributed by atoms with Crippen molar-refractivity contribution in [2.45, 2.75) is 104 Å². The quantitative estimate of drug-likeness (QED) is 0.288. The van der Waals surface area contributed by atoms with Gasteiger partial charge in [0.15, 0.2) is 18.0 Å². The van der Waals surface area contributed by atoms with E-state index in [0.717, 1.165) is 31.3 Å². The van der Waals surface area contributed by atoms with Crippen molar-refractivity contribution in [3.05, 3.63) is 23.8 Å². The Morgan fingerprint density at radius 2 is 1.85 bits per heavy atom. The van der Waals surface area contributed by atoms with Crippen LogP contribution < -0.4 is 0 Å². The van der Waals surface area contributed by atoms with Crippen molar-refractivity contribution < 1.29 is 43.2 Å². The zero-order valence-electron chi connectivity index (χ0n) is 24.4. The van der Waals surface area contributed by atoms with Crippen LogP contribution in [0.3, 0.4) is 0 Å². The molecule has 4 aliphatic rings. The summed E-state index contributed by atoms with van der Waals surface area (Å²) in [4.78, 5) is 51.1.